The summed E-state index contributed by atoms with van der Waals surface area (Å²) in [4.78, 5) is 7.28. The molecule has 0 aliphatic heterocycles. The SMILES string of the molecule is OCc1ccncc1NCc1cccc2[nH]ccc12. The molecule has 0 radical (unpaired) electrons. The van der Waals surface area contributed by atoms with Crippen molar-refractivity contribution >= 4 is 16.6 Å². The number of H-pyrrole nitrogens is 1. The molecule has 2 heterocycles. The molecule has 0 aliphatic carbocycles. The third-order valence-corrected chi connectivity index (χ3v) is 3.24. The van der Waals surface area contributed by atoms with Crippen LogP contribution in [0.3, 0.4) is 0 Å². The van der Waals surface area contributed by atoms with Crippen molar-refractivity contribution in [1.29, 1.82) is 0 Å². The summed E-state index contributed by atoms with van der Waals surface area (Å²) in [6.45, 7) is 0.715. The third kappa shape index (κ3) is 2.30. The van der Waals surface area contributed by atoms with Crippen LogP contribution in [0, 0.1) is 0 Å². The summed E-state index contributed by atoms with van der Waals surface area (Å²) in [7, 11) is 0. The number of anilines is 1. The molecule has 0 bridgehead atoms. The third-order valence-electron chi connectivity index (χ3n) is 3.24. The monoisotopic (exact) mass is 253 g/mol. The average molecular weight is 253 g/mol. The second-order valence-electron chi connectivity index (χ2n) is 4.40. The number of nitrogens with zero attached hydrogens (tertiary/aromatic N) is 1. The van der Waals surface area contributed by atoms with Gasteiger partial charge in [0.1, 0.15) is 0 Å². The van der Waals surface area contributed by atoms with E-state index in [1.54, 1.807) is 12.4 Å². The van der Waals surface area contributed by atoms with Gasteiger partial charge in [-0.25, -0.2) is 0 Å². The van der Waals surface area contributed by atoms with Crippen molar-refractivity contribution in [3.05, 3.63) is 60.0 Å². The van der Waals surface area contributed by atoms with Crippen LogP contribution in [0.4, 0.5) is 5.69 Å². The first-order valence-electron chi connectivity index (χ1n) is 6.21. The molecule has 4 heteroatoms. The molecule has 0 amide bonds. The van der Waals surface area contributed by atoms with Gasteiger partial charge in [0.25, 0.3) is 0 Å². The van der Waals surface area contributed by atoms with Gasteiger partial charge in [-0.2, -0.15) is 0 Å². The zero-order valence-electron chi connectivity index (χ0n) is 10.4. The summed E-state index contributed by atoms with van der Waals surface area (Å²) in [6, 6.07) is 10.1. The molecule has 0 unspecified atom stereocenters. The number of fused-ring (bicyclic) bond motifs is 1. The van der Waals surface area contributed by atoms with E-state index < -0.39 is 0 Å². The molecule has 3 aromatic rings. The van der Waals surface area contributed by atoms with Gasteiger partial charge in [-0.15, -0.1) is 0 Å². The topological polar surface area (TPSA) is 60.9 Å². The number of hydrogen-bond donors (Lipinski definition) is 3. The number of aliphatic hydroxyl groups is 1. The molecular formula is C15H15N3O. The molecule has 96 valence electrons. The summed E-state index contributed by atoms with van der Waals surface area (Å²) in [6.07, 6.45) is 5.36. The molecule has 0 saturated heterocycles. The van der Waals surface area contributed by atoms with E-state index in [1.165, 1.54) is 10.9 Å². The van der Waals surface area contributed by atoms with E-state index in [0.29, 0.717) is 6.54 Å². The lowest BCUT2D eigenvalue weighted by atomic mass is 10.1. The molecular weight excluding hydrogens is 238 g/mol. The number of rotatable bonds is 4. The van der Waals surface area contributed by atoms with Gasteiger partial charge in [-0.3, -0.25) is 4.98 Å². The van der Waals surface area contributed by atoms with Crippen LogP contribution in [0.2, 0.25) is 0 Å². The van der Waals surface area contributed by atoms with E-state index in [9.17, 15) is 5.11 Å². The van der Waals surface area contributed by atoms with E-state index in [4.69, 9.17) is 0 Å². The molecule has 19 heavy (non-hydrogen) atoms. The number of nitrogens with one attached hydrogen (secondary N) is 2. The minimum absolute atomic E-state index is 0.0131. The van der Waals surface area contributed by atoms with Crippen LogP contribution in [0.1, 0.15) is 11.1 Å². The Balaban J connectivity index is 1.84. The zero-order valence-corrected chi connectivity index (χ0v) is 10.4. The van der Waals surface area contributed by atoms with Gasteiger partial charge in [0.05, 0.1) is 18.5 Å². The summed E-state index contributed by atoms with van der Waals surface area (Å²) in [5.41, 5.74) is 4.08. The van der Waals surface area contributed by atoms with Gasteiger partial charge in [-0.1, -0.05) is 12.1 Å². The van der Waals surface area contributed by atoms with Crippen LogP contribution in [-0.2, 0) is 13.2 Å². The van der Waals surface area contributed by atoms with Crippen LogP contribution in [0.25, 0.3) is 10.9 Å². The van der Waals surface area contributed by atoms with E-state index in [-0.39, 0.29) is 6.61 Å². The zero-order chi connectivity index (χ0) is 13.1. The molecule has 3 N–H and O–H groups in total. The standard InChI is InChI=1S/C15H15N3O/c19-10-12-4-6-16-9-15(12)18-8-11-2-1-3-14-13(11)5-7-17-14/h1-7,9,17-19H,8,10H2. The van der Waals surface area contributed by atoms with E-state index >= 15 is 0 Å². The lowest BCUT2D eigenvalue weighted by molar-refractivity contribution is 0.282. The first-order chi connectivity index (χ1) is 9.38. The fourth-order valence-electron chi connectivity index (χ4n) is 2.22. The summed E-state index contributed by atoms with van der Waals surface area (Å²) < 4.78 is 0. The molecule has 4 nitrogen and oxygen atoms in total. The number of pyridine rings is 1. The number of aliphatic hydroxyl groups excluding tert-OH is 1. The van der Waals surface area contributed by atoms with Crippen LogP contribution >= 0.6 is 0 Å². The fourth-order valence-corrected chi connectivity index (χ4v) is 2.22. The van der Waals surface area contributed by atoms with Crippen molar-refractivity contribution in [1.82, 2.24) is 9.97 Å². The van der Waals surface area contributed by atoms with Crippen molar-refractivity contribution in [3.8, 4) is 0 Å². The quantitative estimate of drug-likeness (QED) is 0.670. The number of hydrogen-bond acceptors (Lipinski definition) is 3. The lowest BCUT2D eigenvalue weighted by Crippen LogP contribution is -2.03. The Morgan fingerprint density at radius 2 is 2.11 bits per heavy atom. The van der Waals surface area contributed by atoms with Crippen LogP contribution < -0.4 is 5.32 Å². The molecule has 0 fully saturated rings. The molecule has 3 rings (SSSR count). The van der Waals surface area contributed by atoms with E-state index in [1.807, 2.05) is 18.3 Å². The average Bonchev–Trinajstić information content (AvgIpc) is 2.94. The largest absolute Gasteiger partial charge is 0.392 e. The Bertz CT molecular complexity index is 690. The van der Waals surface area contributed by atoms with Crippen molar-refractivity contribution < 1.29 is 5.11 Å². The first-order valence-corrected chi connectivity index (χ1v) is 6.21. The minimum atomic E-state index is 0.0131. The highest BCUT2D eigenvalue weighted by molar-refractivity contribution is 5.83. The van der Waals surface area contributed by atoms with Crippen molar-refractivity contribution in [2.45, 2.75) is 13.2 Å². The highest BCUT2D eigenvalue weighted by Gasteiger charge is 2.04. The summed E-state index contributed by atoms with van der Waals surface area (Å²) in [5.74, 6) is 0. The minimum Gasteiger partial charge on any atom is -0.392 e. The summed E-state index contributed by atoms with van der Waals surface area (Å²) in [5, 5.41) is 13.8. The number of benzene rings is 1. The Morgan fingerprint density at radius 3 is 3.00 bits per heavy atom. The Labute approximate surface area is 111 Å². The lowest BCUT2D eigenvalue weighted by Gasteiger charge is -2.10. The smallest absolute Gasteiger partial charge is 0.0703 e. The predicted octanol–water partition coefficient (Wildman–Crippen LogP) is 2.67. The van der Waals surface area contributed by atoms with Gasteiger partial charge in [-0.05, 0) is 23.8 Å². The molecule has 1 aromatic carbocycles. The van der Waals surface area contributed by atoms with E-state index in [0.717, 1.165) is 16.8 Å². The number of aromatic nitrogens is 2. The van der Waals surface area contributed by atoms with Gasteiger partial charge in [0, 0.05) is 35.4 Å². The second-order valence-corrected chi connectivity index (χ2v) is 4.40. The molecule has 2 aromatic heterocycles. The first kappa shape index (κ1) is 11.7. The van der Waals surface area contributed by atoms with Crippen LogP contribution in [0.5, 0.6) is 0 Å². The predicted molar refractivity (Wildman–Crippen MR) is 75.8 cm³/mol. The highest BCUT2D eigenvalue weighted by Crippen LogP contribution is 2.20. The maximum Gasteiger partial charge on any atom is 0.0703 e. The van der Waals surface area contributed by atoms with Crippen molar-refractivity contribution in [3.63, 3.8) is 0 Å². The van der Waals surface area contributed by atoms with Crippen LogP contribution in [-0.4, -0.2) is 15.1 Å². The second kappa shape index (κ2) is 5.12. The maximum atomic E-state index is 9.28. The van der Waals surface area contributed by atoms with Gasteiger partial charge < -0.3 is 15.4 Å². The summed E-state index contributed by atoms with van der Waals surface area (Å²) >= 11 is 0. The Kier molecular flexibility index (Phi) is 3.16. The van der Waals surface area contributed by atoms with Gasteiger partial charge >= 0.3 is 0 Å². The highest BCUT2D eigenvalue weighted by atomic mass is 16.3. The molecule has 0 saturated carbocycles. The van der Waals surface area contributed by atoms with Crippen molar-refractivity contribution in [2.75, 3.05) is 5.32 Å². The van der Waals surface area contributed by atoms with Gasteiger partial charge in [0.2, 0.25) is 0 Å². The maximum absolute atomic E-state index is 9.28. The Morgan fingerprint density at radius 1 is 1.16 bits per heavy atom. The van der Waals surface area contributed by atoms with Crippen molar-refractivity contribution in [2.24, 2.45) is 0 Å². The molecule has 0 spiro atoms. The molecule has 0 aliphatic rings. The molecule has 0 atom stereocenters. The van der Waals surface area contributed by atoms with E-state index in [2.05, 4.69) is 33.5 Å². The van der Waals surface area contributed by atoms with Gasteiger partial charge in [0.15, 0.2) is 0 Å². The number of aromatic amines is 1. The fraction of sp³-hybridized carbons (Fsp3) is 0.133. The normalized spacial score (nSPS) is 10.8. The van der Waals surface area contributed by atoms with Crippen LogP contribution in [0.15, 0.2) is 48.9 Å². The Hall–Kier alpha value is -2.33.